The second-order valence-electron chi connectivity index (χ2n) is 4.56. The predicted octanol–water partition coefficient (Wildman–Crippen LogP) is 2.98. The molecule has 6 heteroatoms. The van der Waals surface area contributed by atoms with Gasteiger partial charge in [0.05, 0.1) is 11.1 Å². The minimum atomic E-state index is -0.492. The summed E-state index contributed by atoms with van der Waals surface area (Å²) in [5.41, 5.74) is 5.89. The molecule has 0 unspecified atom stereocenters. The van der Waals surface area contributed by atoms with Gasteiger partial charge in [0.2, 0.25) is 0 Å². The zero-order valence-electron chi connectivity index (χ0n) is 9.49. The zero-order chi connectivity index (χ0) is 12.8. The maximum atomic E-state index is 13.7. The first-order valence-corrected chi connectivity index (χ1v) is 6.46. The summed E-state index contributed by atoms with van der Waals surface area (Å²) < 4.78 is 19.5. The maximum Gasteiger partial charge on any atom is 0.260 e. The molecule has 1 saturated carbocycles. The van der Waals surface area contributed by atoms with Gasteiger partial charge in [-0.25, -0.2) is 4.39 Å². The molecule has 0 radical (unpaired) electrons. The van der Waals surface area contributed by atoms with Crippen LogP contribution in [0.2, 0.25) is 0 Å². The van der Waals surface area contributed by atoms with Crippen molar-refractivity contribution in [3.05, 3.63) is 34.3 Å². The number of nitrogens with two attached hydrogens (primary N) is 1. The van der Waals surface area contributed by atoms with E-state index in [9.17, 15) is 4.39 Å². The highest BCUT2D eigenvalue weighted by molar-refractivity contribution is 9.10. The average molecular weight is 312 g/mol. The van der Waals surface area contributed by atoms with Gasteiger partial charge in [-0.3, -0.25) is 0 Å². The second kappa shape index (κ2) is 4.13. The van der Waals surface area contributed by atoms with Gasteiger partial charge in [-0.15, -0.1) is 0 Å². The van der Waals surface area contributed by atoms with E-state index in [1.807, 2.05) is 0 Å². The first-order valence-electron chi connectivity index (χ1n) is 5.67. The number of hydrogen-bond acceptors (Lipinski definition) is 4. The van der Waals surface area contributed by atoms with Crippen LogP contribution >= 0.6 is 15.9 Å². The molecule has 4 nitrogen and oxygen atoms in total. The van der Waals surface area contributed by atoms with Crippen LogP contribution in [0.1, 0.15) is 25.1 Å². The van der Waals surface area contributed by atoms with Crippen LogP contribution in [0, 0.1) is 5.82 Å². The summed E-state index contributed by atoms with van der Waals surface area (Å²) in [5.74, 6) is 0.233. The SMILES string of the molecule is NC1(c2noc(-c3ccc(Br)cc3F)n2)CCC1. The molecule has 1 aromatic carbocycles. The molecule has 1 fully saturated rings. The van der Waals surface area contributed by atoms with E-state index in [-0.39, 0.29) is 5.89 Å². The minimum absolute atomic E-state index is 0.173. The summed E-state index contributed by atoms with van der Waals surface area (Å²) in [6.07, 6.45) is 2.75. The molecule has 0 amide bonds. The van der Waals surface area contributed by atoms with Crippen LogP contribution in [0.25, 0.3) is 11.5 Å². The molecule has 2 N–H and O–H groups in total. The van der Waals surface area contributed by atoms with Crippen LogP contribution in [-0.4, -0.2) is 10.1 Å². The molecule has 1 aliphatic carbocycles. The van der Waals surface area contributed by atoms with Crippen molar-refractivity contribution < 1.29 is 8.91 Å². The Morgan fingerprint density at radius 3 is 2.78 bits per heavy atom. The van der Waals surface area contributed by atoms with Crippen molar-refractivity contribution in [3.8, 4) is 11.5 Å². The summed E-state index contributed by atoms with van der Waals surface area (Å²) in [6, 6.07) is 4.69. The molecule has 3 rings (SSSR count). The Kier molecular flexibility index (Phi) is 2.71. The first-order chi connectivity index (χ1) is 8.58. The van der Waals surface area contributed by atoms with E-state index in [0.717, 1.165) is 19.3 Å². The highest BCUT2D eigenvalue weighted by atomic mass is 79.9. The Morgan fingerprint density at radius 1 is 1.39 bits per heavy atom. The molecule has 2 aromatic rings. The quantitative estimate of drug-likeness (QED) is 0.926. The molecular weight excluding hydrogens is 301 g/mol. The Hall–Kier alpha value is -1.27. The lowest BCUT2D eigenvalue weighted by Crippen LogP contribution is -2.44. The third-order valence-electron chi connectivity index (χ3n) is 3.28. The Labute approximate surface area is 112 Å². The van der Waals surface area contributed by atoms with E-state index in [0.29, 0.717) is 15.9 Å². The van der Waals surface area contributed by atoms with Crippen LogP contribution in [0.3, 0.4) is 0 Å². The van der Waals surface area contributed by atoms with Gasteiger partial charge in [0.1, 0.15) is 5.82 Å². The summed E-state index contributed by atoms with van der Waals surface area (Å²) in [6.45, 7) is 0. The Morgan fingerprint density at radius 2 is 2.17 bits per heavy atom. The summed E-state index contributed by atoms with van der Waals surface area (Å²) in [5, 5.41) is 3.86. The first kappa shape index (κ1) is 11.8. The van der Waals surface area contributed by atoms with Crippen LogP contribution in [0.15, 0.2) is 27.2 Å². The van der Waals surface area contributed by atoms with Gasteiger partial charge in [-0.1, -0.05) is 21.1 Å². The zero-order valence-corrected chi connectivity index (χ0v) is 11.1. The third kappa shape index (κ3) is 1.85. The standard InChI is InChI=1S/C12H11BrFN3O/c13-7-2-3-8(9(14)6-7)10-16-11(17-18-10)12(15)4-1-5-12/h2-3,6H,1,4-5,15H2. The van der Waals surface area contributed by atoms with Crippen LogP contribution in [0.5, 0.6) is 0 Å². The van der Waals surface area contributed by atoms with Gasteiger partial charge in [0.15, 0.2) is 5.82 Å². The van der Waals surface area contributed by atoms with Gasteiger partial charge in [0, 0.05) is 4.47 Å². The van der Waals surface area contributed by atoms with E-state index >= 15 is 0 Å². The van der Waals surface area contributed by atoms with Crippen molar-refractivity contribution in [2.45, 2.75) is 24.8 Å². The van der Waals surface area contributed by atoms with Gasteiger partial charge in [0.25, 0.3) is 5.89 Å². The van der Waals surface area contributed by atoms with Gasteiger partial charge in [-0.2, -0.15) is 4.98 Å². The van der Waals surface area contributed by atoms with Crippen molar-refractivity contribution in [1.29, 1.82) is 0 Å². The van der Waals surface area contributed by atoms with Gasteiger partial charge >= 0.3 is 0 Å². The van der Waals surface area contributed by atoms with E-state index in [1.54, 1.807) is 12.1 Å². The van der Waals surface area contributed by atoms with Crippen LogP contribution in [0.4, 0.5) is 4.39 Å². The Balaban J connectivity index is 1.97. The predicted molar refractivity (Wildman–Crippen MR) is 67.1 cm³/mol. The molecule has 0 spiro atoms. The number of hydrogen-bond donors (Lipinski definition) is 1. The lowest BCUT2D eigenvalue weighted by molar-refractivity contribution is 0.229. The summed E-state index contributed by atoms with van der Waals surface area (Å²) in [7, 11) is 0. The lowest BCUT2D eigenvalue weighted by Gasteiger charge is -2.34. The second-order valence-corrected chi connectivity index (χ2v) is 5.47. The van der Waals surface area contributed by atoms with Crippen molar-refractivity contribution in [1.82, 2.24) is 10.1 Å². The van der Waals surface area contributed by atoms with E-state index in [4.69, 9.17) is 10.3 Å². The largest absolute Gasteiger partial charge is 0.334 e. The molecule has 0 aliphatic heterocycles. The van der Waals surface area contributed by atoms with Gasteiger partial charge < -0.3 is 10.3 Å². The van der Waals surface area contributed by atoms with Crippen molar-refractivity contribution in [2.24, 2.45) is 5.73 Å². The third-order valence-corrected chi connectivity index (χ3v) is 3.77. The van der Waals surface area contributed by atoms with Crippen molar-refractivity contribution in [3.63, 3.8) is 0 Å². The highest BCUT2D eigenvalue weighted by Crippen LogP contribution is 2.37. The smallest absolute Gasteiger partial charge is 0.260 e. The number of nitrogens with zero attached hydrogens (tertiary/aromatic N) is 2. The Bertz CT molecular complexity index is 595. The molecule has 0 saturated heterocycles. The maximum absolute atomic E-state index is 13.7. The van der Waals surface area contributed by atoms with E-state index in [1.165, 1.54) is 6.07 Å². The number of aromatic nitrogens is 2. The van der Waals surface area contributed by atoms with Gasteiger partial charge in [-0.05, 0) is 37.5 Å². The summed E-state index contributed by atoms with van der Waals surface area (Å²) >= 11 is 3.20. The fourth-order valence-corrected chi connectivity index (χ4v) is 2.31. The molecule has 1 aromatic heterocycles. The van der Waals surface area contributed by atoms with Crippen LogP contribution < -0.4 is 5.73 Å². The minimum Gasteiger partial charge on any atom is -0.334 e. The highest BCUT2D eigenvalue weighted by Gasteiger charge is 2.39. The number of benzene rings is 1. The van der Waals surface area contributed by atoms with Crippen molar-refractivity contribution in [2.75, 3.05) is 0 Å². The molecule has 18 heavy (non-hydrogen) atoms. The molecule has 0 bridgehead atoms. The van der Waals surface area contributed by atoms with E-state index < -0.39 is 11.4 Å². The molecule has 94 valence electrons. The number of halogens is 2. The molecule has 0 atom stereocenters. The monoisotopic (exact) mass is 311 g/mol. The fourth-order valence-electron chi connectivity index (χ4n) is 1.98. The van der Waals surface area contributed by atoms with Crippen LogP contribution in [-0.2, 0) is 5.54 Å². The molecule has 1 heterocycles. The normalized spacial score (nSPS) is 17.5. The summed E-state index contributed by atoms with van der Waals surface area (Å²) in [4.78, 5) is 4.21. The topological polar surface area (TPSA) is 64.9 Å². The average Bonchev–Trinajstić information content (AvgIpc) is 2.75. The molecule has 1 aliphatic rings. The molecular formula is C12H11BrFN3O. The van der Waals surface area contributed by atoms with E-state index in [2.05, 4.69) is 26.1 Å². The number of rotatable bonds is 2. The van der Waals surface area contributed by atoms with Crippen molar-refractivity contribution >= 4 is 15.9 Å². The lowest BCUT2D eigenvalue weighted by atomic mass is 9.77. The fraction of sp³-hybridized carbons (Fsp3) is 0.333.